The number of hydrogen-bond donors (Lipinski definition) is 0. The summed E-state index contributed by atoms with van der Waals surface area (Å²) in [5.74, 6) is 0.721. The summed E-state index contributed by atoms with van der Waals surface area (Å²) in [5, 5.41) is 0. The summed E-state index contributed by atoms with van der Waals surface area (Å²) >= 11 is 6.59. The van der Waals surface area contributed by atoms with Crippen LogP contribution in [-0.2, 0) is 6.42 Å². The van der Waals surface area contributed by atoms with Gasteiger partial charge in [-0.3, -0.25) is 4.79 Å². The molecule has 0 N–H and O–H groups in total. The van der Waals surface area contributed by atoms with E-state index < -0.39 is 0 Å². The minimum absolute atomic E-state index is 0.215. The van der Waals surface area contributed by atoms with E-state index in [-0.39, 0.29) is 5.78 Å². The van der Waals surface area contributed by atoms with Gasteiger partial charge in [-0.15, -0.1) is 23.1 Å². The van der Waals surface area contributed by atoms with Crippen molar-refractivity contribution in [3.8, 4) is 0 Å². The Morgan fingerprint density at radius 1 is 1.22 bits per heavy atom. The van der Waals surface area contributed by atoms with Gasteiger partial charge in [0.15, 0.2) is 5.78 Å². The van der Waals surface area contributed by atoms with Crippen LogP contribution in [0.3, 0.4) is 0 Å². The fourth-order valence-electron chi connectivity index (χ4n) is 1.47. The van der Waals surface area contributed by atoms with E-state index in [4.69, 9.17) is 0 Å². The van der Waals surface area contributed by atoms with Gasteiger partial charge in [-0.1, -0.05) is 22.9 Å². The second-order valence-corrected chi connectivity index (χ2v) is 6.92. The zero-order valence-electron chi connectivity index (χ0n) is 9.98. The molecule has 0 saturated heterocycles. The predicted molar refractivity (Wildman–Crippen MR) is 82.9 cm³/mol. The lowest BCUT2D eigenvalue weighted by molar-refractivity contribution is 0.102. The van der Waals surface area contributed by atoms with Crippen LogP contribution in [0.2, 0.25) is 0 Å². The van der Waals surface area contributed by atoms with Crippen LogP contribution in [0, 0.1) is 0 Å². The molecular weight excluding hydrogens is 328 g/mol. The number of Topliss-reactive ketones (excluding diaryl/α,β-unsaturated/α-hetero) is 1. The summed E-state index contributed by atoms with van der Waals surface area (Å²) in [6.45, 7) is 2.11. The van der Waals surface area contributed by atoms with Gasteiger partial charge in [-0.05, 0) is 42.8 Å². The Labute approximate surface area is 124 Å². The third-order valence-electron chi connectivity index (χ3n) is 2.47. The third kappa shape index (κ3) is 3.70. The summed E-state index contributed by atoms with van der Waals surface area (Å²) in [6.07, 6.45) is 0.998. The number of thioether (sulfide) groups is 1. The molecule has 0 aliphatic rings. The second-order valence-electron chi connectivity index (χ2n) is 3.79. The number of carbonyl (C=O) groups excluding carboxylic acids is 1. The van der Waals surface area contributed by atoms with Crippen molar-refractivity contribution in [2.75, 3.05) is 5.75 Å². The predicted octanol–water partition coefficient (Wildman–Crippen LogP) is 5.05. The molecule has 1 nitrogen and oxygen atoms in total. The minimum atomic E-state index is 0.215. The molecular formula is C14H13BrOS2. The maximum absolute atomic E-state index is 12.0. The molecule has 0 saturated carbocycles. The summed E-state index contributed by atoms with van der Waals surface area (Å²) in [6, 6.07) is 12.0. The second kappa shape index (κ2) is 6.55. The van der Waals surface area contributed by atoms with Gasteiger partial charge in [-0.25, -0.2) is 0 Å². The Kier molecular flexibility index (Phi) is 5.03. The number of rotatable bonds is 5. The van der Waals surface area contributed by atoms with Crippen LogP contribution in [0.5, 0.6) is 0 Å². The maximum Gasteiger partial charge on any atom is 0.182 e. The van der Waals surface area contributed by atoms with E-state index >= 15 is 0 Å². The molecule has 0 aliphatic carbocycles. The van der Waals surface area contributed by atoms with Gasteiger partial charge in [0.25, 0.3) is 0 Å². The Hall–Kier alpha value is -0.580. The van der Waals surface area contributed by atoms with Gasteiger partial charge in [0.1, 0.15) is 0 Å². The van der Waals surface area contributed by atoms with E-state index in [0.29, 0.717) is 5.75 Å². The molecule has 18 heavy (non-hydrogen) atoms. The highest BCUT2D eigenvalue weighted by Gasteiger charge is 2.09. The average molecular weight is 341 g/mol. The molecule has 0 unspecified atom stereocenters. The summed E-state index contributed by atoms with van der Waals surface area (Å²) in [4.78, 5) is 15.3. The van der Waals surface area contributed by atoms with E-state index in [2.05, 4.69) is 22.9 Å². The van der Waals surface area contributed by atoms with Gasteiger partial charge in [0.2, 0.25) is 0 Å². The van der Waals surface area contributed by atoms with Crippen LogP contribution < -0.4 is 0 Å². The van der Waals surface area contributed by atoms with Crippen LogP contribution in [0.1, 0.15) is 21.5 Å². The Bertz CT molecular complexity index is 531. The molecule has 0 radical (unpaired) electrons. The average Bonchev–Trinajstić information content (AvgIpc) is 2.86. The van der Waals surface area contributed by atoms with E-state index in [1.807, 2.05) is 36.4 Å². The number of benzene rings is 1. The van der Waals surface area contributed by atoms with E-state index in [1.165, 1.54) is 4.88 Å². The molecule has 1 aromatic heterocycles. The normalized spacial score (nSPS) is 10.6. The standard InChI is InChI=1S/C14H13BrOS2/c1-2-11-7-8-14(18-11)13(16)9-17-12-5-3-10(15)4-6-12/h3-8H,2,9H2,1H3. The Morgan fingerprint density at radius 2 is 1.94 bits per heavy atom. The van der Waals surface area contributed by atoms with Crippen molar-refractivity contribution in [2.24, 2.45) is 0 Å². The summed E-state index contributed by atoms with van der Waals surface area (Å²) < 4.78 is 1.06. The fourth-order valence-corrected chi connectivity index (χ4v) is 3.49. The first kappa shape index (κ1) is 13.8. The topological polar surface area (TPSA) is 17.1 Å². The molecule has 94 valence electrons. The molecule has 0 spiro atoms. The molecule has 1 aromatic carbocycles. The number of halogens is 1. The molecule has 0 bridgehead atoms. The van der Waals surface area contributed by atoms with E-state index in [1.54, 1.807) is 23.1 Å². The van der Waals surface area contributed by atoms with Crippen LogP contribution in [-0.4, -0.2) is 11.5 Å². The Balaban J connectivity index is 1.93. The quantitative estimate of drug-likeness (QED) is 0.559. The van der Waals surface area contributed by atoms with Crippen molar-refractivity contribution in [3.63, 3.8) is 0 Å². The summed E-state index contributed by atoms with van der Waals surface area (Å²) in [7, 11) is 0. The number of thiophene rings is 1. The lowest BCUT2D eigenvalue weighted by Gasteiger charge is -2.00. The van der Waals surface area contributed by atoms with Crippen molar-refractivity contribution in [1.29, 1.82) is 0 Å². The monoisotopic (exact) mass is 340 g/mol. The summed E-state index contributed by atoms with van der Waals surface area (Å²) in [5.41, 5.74) is 0. The van der Waals surface area contributed by atoms with Gasteiger partial charge in [-0.2, -0.15) is 0 Å². The fraction of sp³-hybridized carbons (Fsp3) is 0.214. The number of ketones is 1. The van der Waals surface area contributed by atoms with Crippen LogP contribution >= 0.6 is 39.0 Å². The first-order valence-electron chi connectivity index (χ1n) is 5.69. The lowest BCUT2D eigenvalue weighted by atomic mass is 10.3. The zero-order chi connectivity index (χ0) is 13.0. The highest BCUT2D eigenvalue weighted by atomic mass is 79.9. The number of aryl methyl sites for hydroxylation is 1. The van der Waals surface area contributed by atoms with Gasteiger partial charge in [0, 0.05) is 14.2 Å². The largest absolute Gasteiger partial charge is 0.292 e. The number of carbonyl (C=O) groups is 1. The smallest absolute Gasteiger partial charge is 0.182 e. The lowest BCUT2D eigenvalue weighted by Crippen LogP contribution is -1.98. The molecule has 0 atom stereocenters. The highest BCUT2D eigenvalue weighted by molar-refractivity contribution is 9.10. The van der Waals surface area contributed by atoms with Crippen LogP contribution in [0.15, 0.2) is 45.8 Å². The van der Waals surface area contributed by atoms with Crippen molar-refractivity contribution >= 4 is 44.8 Å². The van der Waals surface area contributed by atoms with Crippen molar-refractivity contribution in [3.05, 3.63) is 50.6 Å². The third-order valence-corrected chi connectivity index (χ3v) is 5.28. The molecule has 2 rings (SSSR count). The zero-order valence-corrected chi connectivity index (χ0v) is 13.2. The first-order valence-corrected chi connectivity index (χ1v) is 8.29. The number of hydrogen-bond acceptors (Lipinski definition) is 3. The Morgan fingerprint density at radius 3 is 2.56 bits per heavy atom. The molecule has 2 aromatic rings. The SMILES string of the molecule is CCc1ccc(C(=O)CSc2ccc(Br)cc2)s1. The minimum Gasteiger partial charge on any atom is -0.292 e. The van der Waals surface area contributed by atoms with Gasteiger partial charge >= 0.3 is 0 Å². The van der Waals surface area contributed by atoms with Crippen molar-refractivity contribution in [1.82, 2.24) is 0 Å². The van der Waals surface area contributed by atoms with E-state index in [9.17, 15) is 4.79 Å². The molecule has 1 heterocycles. The molecule has 0 amide bonds. The maximum atomic E-state index is 12.0. The molecule has 0 fully saturated rings. The first-order chi connectivity index (χ1) is 8.69. The molecule has 4 heteroatoms. The highest BCUT2D eigenvalue weighted by Crippen LogP contribution is 2.24. The molecule has 0 aliphatic heterocycles. The van der Waals surface area contributed by atoms with E-state index in [0.717, 1.165) is 20.7 Å². The van der Waals surface area contributed by atoms with Gasteiger partial charge < -0.3 is 0 Å². The van der Waals surface area contributed by atoms with Gasteiger partial charge in [0.05, 0.1) is 10.6 Å². The van der Waals surface area contributed by atoms with Crippen LogP contribution in [0.25, 0.3) is 0 Å². The van der Waals surface area contributed by atoms with Crippen molar-refractivity contribution in [2.45, 2.75) is 18.2 Å². The van der Waals surface area contributed by atoms with Crippen LogP contribution in [0.4, 0.5) is 0 Å². The van der Waals surface area contributed by atoms with Crippen molar-refractivity contribution < 1.29 is 4.79 Å².